The second-order valence-corrected chi connectivity index (χ2v) is 6.32. The summed E-state index contributed by atoms with van der Waals surface area (Å²) in [6.45, 7) is 2.70. The fourth-order valence-corrected chi connectivity index (χ4v) is 3.30. The number of rotatable bonds is 4. The summed E-state index contributed by atoms with van der Waals surface area (Å²) < 4.78 is 0. The van der Waals surface area contributed by atoms with Gasteiger partial charge in [-0.05, 0) is 35.4 Å². The first-order valence-corrected chi connectivity index (χ1v) is 8.47. The number of aromatic hydroxyl groups is 2. The molecule has 2 aromatic carbocycles. The van der Waals surface area contributed by atoms with Crippen molar-refractivity contribution in [3.63, 3.8) is 0 Å². The molecule has 0 unspecified atom stereocenters. The Morgan fingerprint density at radius 2 is 0.962 bits per heavy atom. The van der Waals surface area contributed by atoms with Crippen molar-refractivity contribution in [2.75, 3.05) is 26.2 Å². The maximum absolute atomic E-state index is 9.58. The van der Waals surface area contributed by atoms with Crippen LogP contribution >= 0.6 is 0 Å². The van der Waals surface area contributed by atoms with Crippen molar-refractivity contribution < 1.29 is 10.2 Å². The highest BCUT2D eigenvalue weighted by Crippen LogP contribution is 2.27. The van der Waals surface area contributed by atoms with Gasteiger partial charge < -0.3 is 10.2 Å². The summed E-state index contributed by atoms with van der Waals surface area (Å²) in [6.07, 6.45) is 0. The quantitative estimate of drug-likeness (QED) is 0.882. The third kappa shape index (κ3) is 3.78. The molecular formula is C20H20N4O2. The summed E-state index contributed by atoms with van der Waals surface area (Å²) in [5.41, 5.74) is 1.71. The Hall–Kier alpha value is -3.06. The van der Waals surface area contributed by atoms with E-state index in [4.69, 9.17) is 0 Å². The molecule has 1 fully saturated rings. The lowest BCUT2D eigenvalue weighted by Gasteiger charge is -2.38. The zero-order valence-electron chi connectivity index (χ0n) is 14.3. The van der Waals surface area contributed by atoms with E-state index in [1.165, 1.54) is 0 Å². The molecule has 3 rings (SSSR count). The van der Waals surface area contributed by atoms with Crippen LogP contribution in [0.3, 0.4) is 0 Å². The Morgan fingerprint density at radius 1 is 0.654 bits per heavy atom. The van der Waals surface area contributed by atoms with E-state index in [1.807, 2.05) is 0 Å². The van der Waals surface area contributed by atoms with Crippen molar-refractivity contribution in [1.82, 2.24) is 9.80 Å². The number of nitrogens with zero attached hydrogens (tertiary/aromatic N) is 4. The van der Waals surface area contributed by atoms with Crippen LogP contribution in [-0.2, 0) is 0 Å². The number of hydrogen-bond acceptors (Lipinski definition) is 6. The fourth-order valence-electron chi connectivity index (χ4n) is 3.30. The van der Waals surface area contributed by atoms with Gasteiger partial charge in [0.1, 0.15) is 23.6 Å². The first-order chi connectivity index (χ1) is 12.6. The molecule has 6 nitrogen and oxygen atoms in total. The van der Waals surface area contributed by atoms with E-state index in [-0.39, 0.29) is 23.6 Å². The molecule has 2 atom stereocenters. The normalized spacial score (nSPS) is 17.8. The van der Waals surface area contributed by atoms with Crippen molar-refractivity contribution in [2.45, 2.75) is 12.1 Å². The molecule has 2 aromatic rings. The van der Waals surface area contributed by atoms with Gasteiger partial charge in [-0.2, -0.15) is 10.5 Å². The summed E-state index contributed by atoms with van der Waals surface area (Å²) in [4.78, 5) is 4.18. The largest absolute Gasteiger partial charge is 0.508 e. The zero-order valence-corrected chi connectivity index (χ0v) is 14.3. The highest BCUT2D eigenvalue weighted by Gasteiger charge is 2.29. The molecule has 0 amide bonds. The van der Waals surface area contributed by atoms with E-state index in [9.17, 15) is 20.7 Å². The van der Waals surface area contributed by atoms with E-state index < -0.39 is 0 Å². The molecule has 0 bridgehead atoms. The Labute approximate surface area is 152 Å². The van der Waals surface area contributed by atoms with Gasteiger partial charge in [0.25, 0.3) is 0 Å². The lowest BCUT2D eigenvalue weighted by molar-refractivity contribution is 0.0979. The molecule has 0 radical (unpaired) electrons. The topological polar surface area (TPSA) is 94.5 Å². The van der Waals surface area contributed by atoms with E-state index in [0.717, 1.165) is 11.1 Å². The molecule has 0 aromatic heterocycles. The van der Waals surface area contributed by atoms with Crippen LogP contribution < -0.4 is 0 Å². The van der Waals surface area contributed by atoms with Gasteiger partial charge in [-0.15, -0.1) is 0 Å². The first-order valence-electron chi connectivity index (χ1n) is 8.47. The lowest BCUT2D eigenvalue weighted by Crippen LogP contribution is -2.48. The second-order valence-electron chi connectivity index (χ2n) is 6.32. The van der Waals surface area contributed by atoms with Gasteiger partial charge >= 0.3 is 0 Å². The van der Waals surface area contributed by atoms with Crippen LogP contribution in [0.1, 0.15) is 23.2 Å². The van der Waals surface area contributed by atoms with E-state index in [1.54, 1.807) is 48.5 Å². The minimum absolute atomic E-state index is 0.181. The van der Waals surface area contributed by atoms with Gasteiger partial charge in [0.15, 0.2) is 0 Å². The van der Waals surface area contributed by atoms with Gasteiger partial charge in [-0.1, -0.05) is 24.3 Å². The molecule has 6 heteroatoms. The minimum Gasteiger partial charge on any atom is -0.508 e. The molecule has 1 aliphatic rings. The van der Waals surface area contributed by atoms with E-state index in [0.29, 0.717) is 26.2 Å². The van der Waals surface area contributed by atoms with Crippen LogP contribution in [0.5, 0.6) is 11.5 Å². The predicted octanol–water partition coefficient (Wildman–Crippen LogP) is 2.54. The molecule has 132 valence electrons. The number of nitriles is 2. The van der Waals surface area contributed by atoms with Crippen LogP contribution in [0.2, 0.25) is 0 Å². The Bertz CT molecular complexity index is 741. The molecule has 1 saturated heterocycles. The van der Waals surface area contributed by atoms with Crippen molar-refractivity contribution in [2.24, 2.45) is 0 Å². The standard InChI is InChI=1S/C20H20N4O2/c21-13-19(15-1-5-17(25)6-2-15)23-9-11-24(12-10-23)20(14-22)16-3-7-18(26)8-4-16/h1-8,19-20,25-26H,9-12H2/t19-,20-/m1/s1. The van der Waals surface area contributed by atoms with E-state index in [2.05, 4.69) is 21.9 Å². The highest BCUT2D eigenvalue weighted by atomic mass is 16.3. The summed E-state index contributed by atoms with van der Waals surface area (Å²) in [5.74, 6) is 0.363. The molecule has 1 heterocycles. The Morgan fingerprint density at radius 3 is 1.23 bits per heavy atom. The maximum Gasteiger partial charge on any atom is 0.123 e. The second kappa shape index (κ2) is 7.88. The van der Waals surface area contributed by atoms with Gasteiger partial charge in [0, 0.05) is 26.2 Å². The zero-order chi connectivity index (χ0) is 18.5. The average Bonchev–Trinajstić information content (AvgIpc) is 2.67. The first kappa shape index (κ1) is 17.8. The predicted molar refractivity (Wildman–Crippen MR) is 96.1 cm³/mol. The van der Waals surface area contributed by atoms with Gasteiger partial charge in [-0.3, -0.25) is 9.80 Å². The van der Waals surface area contributed by atoms with Gasteiger partial charge in [0.05, 0.1) is 12.1 Å². The third-order valence-corrected chi connectivity index (χ3v) is 4.74. The molecule has 0 saturated carbocycles. The number of phenolic OH excluding ortho intramolecular Hbond substituents is 2. The minimum atomic E-state index is -0.369. The SMILES string of the molecule is N#C[C@H](c1ccc(O)cc1)N1CCN([C@H](C#N)c2ccc(O)cc2)CC1. The number of phenols is 2. The summed E-state index contributed by atoms with van der Waals surface area (Å²) in [7, 11) is 0. The van der Waals surface area contributed by atoms with Crippen LogP contribution in [0.15, 0.2) is 48.5 Å². The molecule has 0 aliphatic carbocycles. The number of piperazine rings is 1. The van der Waals surface area contributed by atoms with Gasteiger partial charge in [0.2, 0.25) is 0 Å². The number of benzene rings is 2. The van der Waals surface area contributed by atoms with Crippen LogP contribution in [0.4, 0.5) is 0 Å². The van der Waals surface area contributed by atoms with Crippen molar-refractivity contribution in [1.29, 1.82) is 10.5 Å². The van der Waals surface area contributed by atoms with Crippen LogP contribution in [0, 0.1) is 22.7 Å². The fraction of sp³-hybridized carbons (Fsp3) is 0.300. The monoisotopic (exact) mass is 348 g/mol. The summed E-state index contributed by atoms with van der Waals surface area (Å²) in [5, 5.41) is 38.0. The van der Waals surface area contributed by atoms with Crippen molar-refractivity contribution in [3.05, 3.63) is 59.7 Å². The smallest absolute Gasteiger partial charge is 0.123 e. The molecule has 2 N–H and O–H groups in total. The van der Waals surface area contributed by atoms with Gasteiger partial charge in [-0.25, -0.2) is 0 Å². The molecule has 0 spiro atoms. The molecule has 1 aliphatic heterocycles. The Balaban J connectivity index is 1.67. The highest BCUT2D eigenvalue weighted by molar-refractivity contribution is 5.32. The average molecular weight is 348 g/mol. The summed E-state index contributed by atoms with van der Waals surface area (Å²) >= 11 is 0. The van der Waals surface area contributed by atoms with Crippen molar-refractivity contribution in [3.8, 4) is 23.6 Å². The molecule has 26 heavy (non-hydrogen) atoms. The number of hydrogen-bond donors (Lipinski definition) is 2. The molecular weight excluding hydrogens is 328 g/mol. The van der Waals surface area contributed by atoms with Crippen LogP contribution in [-0.4, -0.2) is 46.2 Å². The lowest BCUT2D eigenvalue weighted by atomic mass is 10.0. The Kier molecular flexibility index (Phi) is 5.38. The summed E-state index contributed by atoms with van der Waals surface area (Å²) in [6, 6.07) is 17.4. The van der Waals surface area contributed by atoms with E-state index >= 15 is 0 Å². The third-order valence-electron chi connectivity index (χ3n) is 4.74. The van der Waals surface area contributed by atoms with Crippen molar-refractivity contribution >= 4 is 0 Å². The van der Waals surface area contributed by atoms with Crippen LogP contribution in [0.25, 0.3) is 0 Å². The maximum atomic E-state index is 9.58.